The van der Waals surface area contributed by atoms with E-state index in [0.717, 1.165) is 45.6 Å². The Kier molecular flexibility index (Phi) is 9.01. The third kappa shape index (κ3) is 6.79. The number of unbranched alkanes of at least 4 members (excludes halogenated alkanes) is 3. The van der Waals surface area contributed by atoms with Gasteiger partial charge in [-0.3, -0.25) is 4.90 Å². The number of nitrogens with zero attached hydrogens (tertiary/aromatic N) is 1. The monoisotopic (exact) mass is 437 g/mol. The van der Waals surface area contributed by atoms with Crippen LogP contribution in [0.15, 0.2) is 48.1 Å². The van der Waals surface area contributed by atoms with Gasteiger partial charge in [0.2, 0.25) is 0 Å². The molecule has 0 radical (unpaired) electrons. The first-order chi connectivity index (χ1) is 15.7. The molecular weight excluding hydrogens is 394 g/mol. The molecule has 176 valence electrons. The molecule has 3 nitrogen and oxygen atoms in total. The maximum Gasteiger partial charge on any atom is 0.0611 e. The summed E-state index contributed by atoms with van der Waals surface area (Å²) in [5.74, 6) is 1.59. The van der Waals surface area contributed by atoms with Gasteiger partial charge < -0.3 is 9.84 Å². The van der Waals surface area contributed by atoms with Gasteiger partial charge in [-0.2, -0.15) is 0 Å². The first-order valence-corrected chi connectivity index (χ1v) is 13.1. The third-order valence-electron chi connectivity index (χ3n) is 7.82. The average molecular weight is 438 g/mol. The molecule has 1 saturated carbocycles. The maximum absolute atomic E-state index is 10.6. The van der Waals surface area contributed by atoms with Gasteiger partial charge in [-0.15, -0.1) is 0 Å². The minimum absolute atomic E-state index is 0.154. The molecule has 0 spiro atoms. The van der Waals surface area contributed by atoms with E-state index in [1.54, 1.807) is 5.57 Å². The number of morpholine rings is 1. The van der Waals surface area contributed by atoms with E-state index in [-0.39, 0.29) is 6.10 Å². The zero-order chi connectivity index (χ0) is 22.2. The van der Waals surface area contributed by atoms with Crippen LogP contribution >= 0.6 is 0 Å². The summed E-state index contributed by atoms with van der Waals surface area (Å²) in [7, 11) is 0. The van der Waals surface area contributed by atoms with Gasteiger partial charge in [0.15, 0.2) is 0 Å². The summed E-state index contributed by atoms with van der Waals surface area (Å²) in [6.07, 6.45) is 18.0. The van der Waals surface area contributed by atoms with Gasteiger partial charge >= 0.3 is 0 Å². The van der Waals surface area contributed by atoms with Crippen molar-refractivity contribution in [3.8, 4) is 0 Å². The van der Waals surface area contributed by atoms with Gasteiger partial charge in [-0.05, 0) is 75.8 Å². The number of aliphatic hydroxyl groups is 1. The Morgan fingerprint density at radius 3 is 2.78 bits per heavy atom. The van der Waals surface area contributed by atoms with Crippen LogP contribution in [-0.4, -0.2) is 49.0 Å². The second-order valence-corrected chi connectivity index (χ2v) is 10.3. The van der Waals surface area contributed by atoms with Gasteiger partial charge in [0.1, 0.15) is 0 Å². The van der Waals surface area contributed by atoms with E-state index in [1.807, 2.05) is 0 Å². The van der Waals surface area contributed by atoms with E-state index in [1.165, 1.54) is 56.2 Å². The summed E-state index contributed by atoms with van der Waals surface area (Å²) in [4.78, 5) is 2.55. The van der Waals surface area contributed by atoms with Crippen molar-refractivity contribution in [2.24, 2.45) is 17.8 Å². The fourth-order valence-corrected chi connectivity index (χ4v) is 6.03. The van der Waals surface area contributed by atoms with E-state index < -0.39 is 0 Å². The fourth-order valence-electron chi connectivity index (χ4n) is 6.03. The molecular formula is C29H43NO2. The van der Waals surface area contributed by atoms with Gasteiger partial charge in [0, 0.05) is 19.0 Å². The highest BCUT2D eigenvalue weighted by atomic mass is 16.5. The van der Waals surface area contributed by atoms with Gasteiger partial charge in [0.25, 0.3) is 0 Å². The highest BCUT2D eigenvalue weighted by Gasteiger charge is 2.43. The van der Waals surface area contributed by atoms with Crippen molar-refractivity contribution in [2.45, 2.75) is 70.8 Å². The summed E-state index contributed by atoms with van der Waals surface area (Å²) in [5.41, 5.74) is 4.41. The van der Waals surface area contributed by atoms with Crippen LogP contribution in [0.25, 0.3) is 0 Å². The summed E-state index contributed by atoms with van der Waals surface area (Å²) < 4.78 is 5.43. The molecule has 2 fully saturated rings. The van der Waals surface area contributed by atoms with Crippen molar-refractivity contribution < 1.29 is 9.84 Å². The summed E-state index contributed by atoms with van der Waals surface area (Å²) in [6, 6.07) is 8.81. The number of hydrogen-bond acceptors (Lipinski definition) is 3. The minimum Gasteiger partial charge on any atom is -0.392 e. The lowest BCUT2D eigenvalue weighted by Gasteiger charge is -2.26. The van der Waals surface area contributed by atoms with Crippen LogP contribution in [0, 0.1) is 24.7 Å². The second kappa shape index (κ2) is 12.2. The smallest absolute Gasteiger partial charge is 0.0611 e. The first-order valence-electron chi connectivity index (χ1n) is 13.1. The summed E-state index contributed by atoms with van der Waals surface area (Å²) >= 11 is 0. The Morgan fingerprint density at radius 1 is 1.09 bits per heavy atom. The molecule has 0 aromatic heterocycles. The average Bonchev–Trinajstić information content (AvgIpc) is 3.31. The minimum atomic E-state index is -0.154. The summed E-state index contributed by atoms with van der Waals surface area (Å²) in [5, 5.41) is 10.6. The van der Waals surface area contributed by atoms with Gasteiger partial charge in [-0.1, -0.05) is 66.5 Å². The predicted octanol–water partition coefficient (Wildman–Crippen LogP) is 5.71. The van der Waals surface area contributed by atoms with Crippen LogP contribution in [0.3, 0.4) is 0 Å². The maximum atomic E-state index is 10.6. The molecule has 1 N–H and O–H groups in total. The van der Waals surface area contributed by atoms with E-state index in [0.29, 0.717) is 17.8 Å². The summed E-state index contributed by atoms with van der Waals surface area (Å²) in [6.45, 7) is 7.45. The molecule has 32 heavy (non-hydrogen) atoms. The number of benzene rings is 1. The lowest BCUT2D eigenvalue weighted by molar-refractivity contribution is 0.0371. The molecule has 1 aromatic carbocycles. The zero-order valence-corrected chi connectivity index (χ0v) is 20.1. The lowest BCUT2D eigenvalue weighted by Crippen LogP contribution is -2.36. The van der Waals surface area contributed by atoms with Crippen molar-refractivity contribution in [2.75, 3.05) is 32.8 Å². The van der Waals surface area contributed by atoms with Crippen molar-refractivity contribution in [1.29, 1.82) is 0 Å². The van der Waals surface area contributed by atoms with Crippen LogP contribution in [-0.2, 0) is 11.2 Å². The lowest BCUT2D eigenvalue weighted by atomic mass is 9.88. The topological polar surface area (TPSA) is 32.7 Å². The molecule has 0 unspecified atom stereocenters. The van der Waals surface area contributed by atoms with E-state index in [9.17, 15) is 5.11 Å². The van der Waals surface area contributed by atoms with Crippen molar-refractivity contribution >= 4 is 0 Å². The molecule has 0 amide bonds. The van der Waals surface area contributed by atoms with Crippen molar-refractivity contribution in [3.63, 3.8) is 0 Å². The molecule has 3 aliphatic rings. The van der Waals surface area contributed by atoms with E-state index in [2.05, 4.69) is 54.3 Å². The van der Waals surface area contributed by atoms with Crippen molar-refractivity contribution in [3.05, 3.63) is 59.2 Å². The number of hydrogen-bond donors (Lipinski definition) is 1. The SMILES string of the molecule is Cc1cccc(CC/C=C/[C@@H]2[C@H]3CC(CCCCCCN4CCOCC4)=C[C@H]3C[C@H]2O)c1. The highest BCUT2D eigenvalue weighted by Crippen LogP contribution is 2.48. The van der Waals surface area contributed by atoms with Crippen LogP contribution < -0.4 is 0 Å². The normalized spacial score (nSPS) is 28.4. The van der Waals surface area contributed by atoms with Crippen LogP contribution in [0.5, 0.6) is 0 Å². The second-order valence-electron chi connectivity index (χ2n) is 10.3. The van der Waals surface area contributed by atoms with Gasteiger partial charge in [-0.25, -0.2) is 0 Å². The molecule has 1 heterocycles. The van der Waals surface area contributed by atoms with Gasteiger partial charge in [0.05, 0.1) is 19.3 Å². The Labute approximate surface area is 195 Å². The molecule has 3 heteroatoms. The number of aryl methyl sites for hydroxylation is 2. The molecule has 4 rings (SSSR count). The molecule has 4 atom stereocenters. The third-order valence-corrected chi connectivity index (χ3v) is 7.82. The Hall–Kier alpha value is -1.42. The number of rotatable bonds is 11. The van der Waals surface area contributed by atoms with E-state index in [4.69, 9.17) is 4.74 Å². The standard InChI is InChI=1S/C29H43NO2/c1-23-9-8-12-24(19-23)10-5-6-13-27-28-21-25(20-26(28)22-29(27)31)11-4-2-3-7-14-30-15-17-32-18-16-30/h6,8-9,12-13,19-20,26-29,31H,2-5,7,10-11,14-18,21-22H2,1H3/b13-6+/t26-,27+,28-,29+/m0/s1. The number of ether oxygens (including phenoxy) is 1. The Bertz CT molecular complexity index is 764. The Balaban J connectivity index is 1.13. The molecule has 1 aromatic rings. The fraction of sp³-hybridized carbons (Fsp3) is 0.655. The highest BCUT2D eigenvalue weighted by molar-refractivity contribution is 5.23. The van der Waals surface area contributed by atoms with E-state index >= 15 is 0 Å². The first kappa shape index (κ1) is 23.7. The quantitative estimate of drug-likeness (QED) is 0.355. The van der Waals surface area contributed by atoms with Crippen LogP contribution in [0.1, 0.15) is 62.5 Å². The number of allylic oxidation sites excluding steroid dienone is 3. The number of aliphatic hydroxyl groups excluding tert-OH is 1. The number of fused-ring (bicyclic) bond motifs is 1. The predicted molar refractivity (Wildman–Crippen MR) is 133 cm³/mol. The molecule has 2 aliphatic carbocycles. The Morgan fingerprint density at radius 2 is 1.94 bits per heavy atom. The van der Waals surface area contributed by atoms with Crippen LogP contribution in [0.2, 0.25) is 0 Å². The molecule has 1 saturated heterocycles. The molecule has 1 aliphatic heterocycles. The largest absolute Gasteiger partial charge is 0.392 e. The van der Waals surface area contributed by atoms with Crippen molar-refractivity contribution in [1.82, 2.24) is 4.90 Å². The zero-order valence-electron chi connectivity index (χ0n) is 20.1. The van der Waals surface area contributed by atoms with Crippen LogP contribution in [0.4, 0.5) is 0 Å². The molecule has 0 bridgehead atoms.